The Kier molecular flexibility index (Phi) is 2.20. The second kappa shape index (κ2) is 2.45. The first kappa shape index (κ1) is 6.28. The van der Waals surface area contributed by atoms with Crippen LogP contribution in [0.1, 0.15) is 13.3 Å². The van der Waals surface area contributed by atoms with Gasteiger partial charge in [0.05, 0.1) is 5.76 Å². The van der Waals surface area contributed by atoms with E-state index < -0.39 is 0 Å². The molecule has 7 heavy (non-hydrogen) atoms. The van der Waals surface area contributed by atoms with Crippen LogP contribution in [0.2, 0.25) is 0 Å². The predicted octanol–water partition coefficient (Wildman–Crippen LogP) is 2.02. The van der Waals surface area contributed by atoms with E-state index in [2.05, 4.69) is 13.2 Å². The van der Waals surface area contributed by atoms with Crippen LogP contribution >= 0.6 is 0 Å². The maximum Gasteiger partial charge on any atom is 0.0891 e. The Bertz CT molecular complexity index is 80.4. The molecule has 0 fully saturated rings. The van der Waals surface area contributed by atoms with Gasteiger partial charge in [-0.3, -0.25) is 0 Å². The van der Waals surface area contributed by atoms with Gasteiger partial charge in [0.1, 0.15) is 0 Å². The highest BCUT2D eigenvalue weighted by Gasteiger charge is 1.85. The van der Waals surface area contributed by atoms with Crippen molar-refractivity contribution in [3.63, 3.8) is 0 Å². The molecule has 0 aliphatic heterocycles. The average molecular weight is 98.1 g/mol. The van der Waals surface area contributed by atoms with Gasteiger partial charge >= 0.3 is 0 Å². The Hall–Kier alpha value is -0.720. The monoisotopic (exact) mass is 98.1 g/mol. The van der Waals surface area contributed by atoms with Crippen LogP contribution < -0.4 is 0 Å². The maximum absolute atomic E-state index is 8.47. The molecular formula is C6H10O. The molecule has 0 unspecified atom stereocenters. The number of aliphatic hydroxyl groups is 1. The summed E-state index contributed by atoms with van der Waals surface area (Å²) in [6, 6.07) is 0. The molecule has 0 aromatic heterocycles. The van der Waals surface area contributed by atoms with Crippen molar-refractivity contribution in [3.05, 3.63) is 24.5 Å². The third-order valence-corrected chi connectivity index (χ3v) is 0.506. The first-order valence-electron chi connectivity index (χ1n) is 2.14. The van der Waals surface area contributed by atoms with Crippen molar-refractivity contribution in [2.45, 2.75) is 13.3 Å². The largest absolute Gasteiger partial charge is 0.513 e. The summed E-state index contributed by atoms with van der Waals surface area (Å²) >= 11 is 0. The van der Waals surface area contributed by atoms with Crippen LogP contribution in [0, 0.1) is 0 Å². The molecule has 1 N–H and O–H groups in total. The van der Waals surface area contributed by atoms with E-state index in [1.165, 1.54) is 0 Å². The smallest absolute Gasteiger partial charge is 0.0891 e. The normalized spacial score (nSPS) is 8.14. The molecule has 0 saturated carbocycles. The molecule has 0 aliphatic carbocycles. The second-order valence-corrected chi connectivity index (χ2v) is 1.70. The molecule has 0 spiro atoms. The SMILES string of the molecule is C=C(C)CC(=C)O. The second-order valence-electron chi connectivity index (χ2n) is 1.70. The molecule has 0 aliphatic rings. The standard InChI is InChI=1S/C6H10O/c1-5(2)4-6(3)7/h7H,1,3-4H2,2H3. The predicted molar refractivity (Wildman–Crippen MR) is 31.2 cm³/mol. The third-order valence-electron chi connectivity index (χ3n) is 0.506. The summed E-state index contributed by atoms with van der Waals surface area (Å²) < 4.78 is 0. The van der Waals surface area contributed by atoms with Gasteiger partial charge in [-0.05, 0) is 6.92 Å². The molecule has 0 saturated heterocycles. The molecule has 1 nitrogen and oxygen atoms in total. The van der Waals surface area contributed by atoms with E-state index >= 15 is 0 Å². The summed E-state index contributed by atoms with van der Waals surface area (Å²) in [6.45, 7) is 8.71. The van der Waals surface area contributed by atoms with Crippen molar-refractivity contribution in [2.75, 3.05) is 0 Å². The van der Waals surface area contributed by atoms with Gasteiger partial charge in [-0.15, -0.1) is 0 Å². The fraction of sp³-hybridized carbons (Fsp3) is 0.333. The van der Waals surface area contributed by atoms with Gasteiger partial charge in [0.2, 0.25) is 0 Å². The van der Waals surface area contributed by atoms with Crippen LogP contribution in [0.25, 0.3) is 0 Å². The van der Waals surface area contributed by atoms with Crippen LogP contribution in [0.15, 0.2) is 24.5 Å². The summed E-state index contributed by atoms with van der Waals surface area (Å²) in [5.41, 5.74) is 0.938. The molecule has 0 radical (unpaired) electrons. The van der Waals surface area contributed by atoms with Crippen molar-refractivity contribution in [3.8, 4) is 0 Å². The topological polar surface area (TPSA) is 20.2 Å². The van der Waals surface area contributed by atoms with Crippen molar-refractivity contribution in [2.24, 2.45) is 0 Å². The lowest BCUT2D eigenvalue weighted by molar-refractivity contribution is 0.401. The summed E-state index contributed by atoms with van der Waals surface area (Å²) in [4.78, 5) is 0. The molecule has 1 heteroatoms. The number of rotatable bonds is 2. The quantitative estimate of drug-likeness (QED) is 0.414. The van der Waals surface area contributed by atoms with E-state index in [-0.39, 0.29) is 5.76 Å². The minimum atomic E-state index is 0.188. The van der Waals surface area contributed by atoms with E-state index in [4.69, 9.17) is 5.11 Å². The van der Waals surface area contributed by atoms with Crippen LogP contribution in [-0.4, -0.2) is 5.11 Å². The molecule has 0 atom stereocenters. The van der Waals surface area contributed by atoms with Crippen LogP contribution in [-0.2, 0) is 0 Å². The Morgan fingerprint density at radius 2 is 2.00 bits per heavy atom. The van der Waals surface area contributed by atoms with Crippen LogP contribution in [0.3, 0.4) is 0 Å². The molecule has 0 aromatic carbocycles. The number of allylic oxidation sites excluding steroid dienone is 1. The van der Waals surface area contributed by atoms with E-state index in [0.717, 1.165) is 5.57 Å². The lowest BCUT2D eigenvalue weighted by atomic mass is 10.2. The van der Waals surface area contributed by atoms with Gasteiger partial charge in [0, 0.05) is 6.42 Å². The van der Waals surface area contributed by atoms with Crippen molar-refractivity contribution < 1.29 is 5.11 Å². The maximum atomic E-state index is 8.47. The highest BCUT2D eigenvalue weighted by atomic mass is 16.3. The summed E-state index contributed by atoms with van der Waals surface area (Å²) in [5.74, 6) is 0.188. The van der Waals surface area contributed by atoms with Crippen molar-refractivity contribution >= 4 is 0 Å². The molecule has 0 amide bonds. The molecule has 0 bridgehead atoms. The fourth-order valence-corrected chi connectivity index (χ4v) is 0.348. The minimum absolute atomic E-state index is 0.188. The van der Waals surface area contributed by atoms with E-state index in [1.807, 2.05) is 6.92 Å². The first-order valence-corrected chi connectivity index (χ1v) is 2.14. The summed E-state index contributed by atoms with van der Waals surface area (Å²) in [7, 11) is 0. The lowest BCUT2D eigenvalue weighted by Gasteiger charge is -1.92. The fourth-order valence-electron chi connectivity index (χ4n) is 0.348. The van der Waals surface area contributed by atoms with Gasteiger partial charge in [0.25, 0.3) is 0 Å². The zero-order valence-corrected chi connectivity index (χ0v) is 4.57. The van der Waals surface area contributed by atoms with Crippen molar-refractivity contribution in [1.82, 2.24) is 0 Å². The Morgan fingerprint density at radius 1 is 1.57 bits per heavy atom. The highest BCUT2D eigenvalue weighted by molar-refractivity contribution is 4.99. The van der Waals surface area contributed by atoms with Crippen LogP contribution in [0.5, 0.6) is 0 Å². The third kappa shape index (κ3) is 5.28. The van der Waals surface area contributed by atoms with E-state index in [0.29, 0.717) is 6.42 Å². The Morgan fingerprint density at radius 3 is 2.00 bits per heavy atom. The number of hydrogen-bond donors (Lipinski definition) is 1. The van der Waals surface area contributed by atoms with Gasteiger partial charge < -0.3 is 5.11 Å². The van der Waals surface area contributed by atoms with E-state index in [1.54, 1.807) is 0 Å². The van der Waals surface area contributed by atoms with Gasteiger partial charge in [-0.1, -0.05) is 18.7 Å². The molecule has 0 heterocycles. The summed E-state index contributed by atoms with van der Waals surface area (Å²) in [5, 5.41) is 8.47. The Balaban J connectivity index is 3.32. The van der Waals surface area contributed by atoms with Gasteiger partial charge in [-0.2, -0.15) is 0 Å². The first-order chi connectivity index (χ1) is 3.13. The molecular weight excluding hydrogens is 88.1 g/mol. The highest BCUT2D eigenvalue weighted by Crippen LogP contribution is 2.00. The molecule has 40 valence electrons. The van der Waals surface area contributed by atoms with Gasteiger partial charge in [-0.25, -0.2) is 0 Å². The molecule has 0 aromatic rings. The Labute approximate surface area is 44.0 Å². The number of hydrogen-bond acceptors (Lipinski definition) is 1. The zero-order chi connectivity index (χ0) is 5.86. The lowest BCUT2D eigenvalue weighted by Crippen LogP contribution is -1.76. The van der Waals surface area contributed by atoms with Gasteiger partial charge in [0.15, 0.2) is 0 Å². The average Bonchev–Trinajstić information content (AvgIpc) is 1.27. The zero-order valence-electron chi connectivity index (χ0n) is 4.57. The molecule has 0 rings (SSSR count). The van der Waals surface area contributed by atoms with Crippen LogP contribution in [0.4, 0.5) is 0 Å². The number of aliphatic hydroxyl groups excluding tert-OH is 1. The van der Waals surface area contributed by atoms with Crippen molar-refractivity contribution in [1.29, 1.82) is 0 Å². The minimum Gasteiger partial charge on any atom is -0.513 e. The van der Waals surface area contributed by atoms with E-state index in [9.17, 15) is 0 Å². The summed E-state index contributed by atoms with van der Waals surface area (Å²) in [6.07, 6.45) is 0.528.